The number of hydrogen-bond acceptors (Lipinski definition) is 5. The van der Waals surface area contributed by atoms with Crippen LogP contribution in [0.4, 0.5) is 13.2 Å². The molecule has 0 atom stereocenters. The average molecular weight is 264 g/mol. The fourth-order valence-electron chi connectivity index (χ4n) is 0.961. The van der Waals surface area contributed by atoms with Crippen LogP contribution in [-0.4, -0.2) is 15.8 Å². The first-order chi connectivity index (χ1) is 7.48. The molecule has 2 aromatic rings. The van der Waals surface area contributed by atoms with Gasteiger partial charge in [-0.25, -0.2) is 9.97 Å². The lowest BCUT2D eigenvalue weighted by atomic mass is 10.3. The molecular weight excluding hydrogens is 261 g/mol. The number of carbonyl (C=O) groups is 1. The van der Waals surface area contributed by atoms with Crippen molar-refractivity contribution in [3.8, 4) is 0 Å². The minimum absolute atomic E-state index is 0.0572. The minimum atomic E-state index is -4.51. The Balaban J connectivity index is 2.30. The molecule has 0 saturated carbocycles. The summed E-state index contributed by atoms with van der Waals surface area (Å²) in [7, 11) is 0. The molecule has 0 radical (unpaired) electrons. The van der Waals surface area contributed by atoms with E-state index in [0.717, 1.165) is 6.20 Å². The number of nitrogens with zero attached hydrogens (tertiary/aromatic N) is 2. The summed E-state index contributed by atoms with van der Waals surface area (Å²) in [4.78, 5) is 18.4. The first-order valence-corrected chi connectivity index (χ1v) is 5.70. The molecule has 0 saturated heterocycles. The third-order valence-corrected chi connectivity index (χ3v) is 3.26. The average Bonchev–Trinajstić information content (AvgIpc) is 2.87. The molecule has 2 heterocycles. The van der Waals surface area contributed by atoms with Crippen LogP contribution in [0.3, 0.4) is 0 Å². The molecule has 0 unspecified atom stereocenters. The first kappa shape index (κ1) is 11.2. The van der Waals surface area contributed by atoms with Crippen LogP contribution in [0.25, 0.3) is 0 Å². The molecule has 0 aromatic carbocycles. The molecular formula is C8H3F3N2OS2. The minimum Gasteiger partial charge on any atom is -0.286 e. The highest BCUT2D eigenvalue weighted by atomic mass is 32.1. The van der Waals surface area contributed by atoms with Gasteiger partial charge in [-0.15, -0.1) is 22.7 Å². The van der Waals surface area contributed by atoms with Gasteiger partial charge in [0.25, 0.3) is 0 Å². The van der Waals surface area contributed by atoms with E-state index in [1.165, 1.54) is 22.2 Å². The van der Waals surface area contributed by atoms with Gasteiger partial charge in [-0.05, 0) is 0 Å². The van der Waals surface area contributed by atoms with Crippen molar-refractivity contribution in [2.75, 3.05) is 0 Å². The molecule has 84 valence electrons. The van der Waals surface area contributed by atoms with Crippen LogP contribution in [0.1, 0.15) is 20.4 Å². The van der Waals surface area contributed by atoms with Crippen LogP contribution in [0.15, 0.2) is 17.1 Å². The molecule has 0 N–H and O–H groups in total. The lowest BCUT2D eigenvalue weighted by Gasteiger charge is -1.98. The van der Waals surface area contributed by atoms with E-state index in [-0.39, 0.29) is 10.6 Å². The first-order valence-electron chi connectivity index (χ1n) is 3.94. The molecule has 16 heavy (non-hydrogen) atoms. The summed E-state index contributed by atoms with van der Waals surface area (Å²) in [6, 6.07) is 0. The highest BCUT2D eigenvalue weighted by Gasteiger charge is 2.35. The van der Waals surface area contributed by atoms with Crippen molar-refractivity contribution in [1.29, 1.82) is 0 Å². The summed E-state index contributed by atoms with van der Waals surface area (Å²) in [5, 5.41) is 0.459. The molecule has 0 spiro atoms. The molecule has 8 heteroatoms. The number of rotatable bonds is 2. The third kappa shape index (κ3) is 2.12. The number of ketones is 1. The molecule has 2 rings (SSSR count). The van der Waals surface area contributed by atoms with Crippen molar-refractivity contribution in [1.82, 2.24) is 9.97 Å². The van der Waals surface area contributed by atoms with E-state index in [1.54, 1.807) is 0 Å². The number of carbonyl (C=O) groups excluding carboxylic acids is 1. The van der Waals surface area contributed by atoms with Crippen LogP contribution < -0.4 is 0 Å². The largest absolute Gasteiger partial charge is 0.443 e. The van der Waals surface area contributed by atoms with E-state index in [9.17, 15) is 18.0 Å². The van der Waals surface area contributed by atoms with Crippen molar-refractivity contribution < 1.29 is 18.0 Å². The summed E-state index contributed by atoms with van der Waals surface area (Å²) in [6.45, 7) is 0. The Morgan fingerprint density at radius 3 is 2.56 bits per heavy atom. The van der Waals surface area contributed by atoms with Gasteiger partial charge >= 0.3 is 6.18 Å². The molecule has 0 aliphatic rings. The number of alkyl halides is 3. The van der Waals surface area contributed by atoms with E-state index in [4.69, 9.17) is 0 Å². The molecule has 3 nitrogen and oxygen atoms in total. The lowest BCUT2D eigenvalue weighted by molar-refractivity contribution is -0.137. The van der Waals surface area contributed by atoms with Crippen molar-refractivity contribution in [2.45, 2.75) is 6.18 Å². The standard InChI is InChI=1S/C8H3F3N2OS2/c9-8(10,11)7-12-1-5(16-7)6(14)4-2-15-3-13-4/h1-3H. The number of hydrogen-bond donors (Lipinski definition) is 0. The SMILES string of the molecule is O=C(c1cscn1)c1cnc(C(F)(F)F)s1. The van der Waals surface area contributed by atoms with E-state index in [2.05, 4.69) is 9.97 Å². The lowest BCUT2D eigenvalue weighted by Crippen LogP contribution is -2.03. The topological polar surface area (TPSA) is 42.9 Å². The molecule has 0 bridgehead atoms. The van der Waals surface area contributed by atoms with Gasteiger partial charge < -0.3 is 0 Å². The van der Waals surface area contributed by atoms with Crippen molar-refractivity contribution >= 4 is 28.5 Å². The molecule has 0 amide bonds. The van der Waals surface area contributed by atoms with Gasteiger partial charge in [0.2, 0.25) is 5.78 Å². The maximum absolute atomic E-state index is 12.2. The zero-order valence-electron chi connectivity index (χ0n) is 7.49. The summed E-state index contributed by atoms with van der Waals surface area (Å²) in [6.07, 6.45) is -3.58. The number of halogens is 3. The van der Waals surface area contributed by atoms with Crippen molar-refractivity contribution in [3.05, 3.63) is 32.7 Å². The Morgan fingerprint density at radius 2 is 2.06 bits per heavy atom. The highest BCUT2D eigenvalue weighted by Crippen LogP contribution is 2.32. The quantitative estimate of drug-likeness (QED) is 0.783. The van der Waals surface area contributed by atoms with Crippen LogP contribution in [0, 0.1) is 0 Å². The maximum Gasteiger partial charge on any atom is 0.443 e. The van der Waals surface area contributed by atoms with Crippen molar-refractivity contribution in [3.63, 3.8) is 0 Å². The maximum atomic E-state index is 12.2. The zero-order valence-corrected chi connectivity index (χ0v) is 9.12. The number of aromatic nitrogens is 2. The fourth-order valence-corrected chi connectivity index (χ4v) is 2.23. The van der Waals surface area contributed by atoms with Gasteiger partial charge in [-0.1, -0.05) is 0 Å². The van der Waals surface area contributed by atoms with E-state index in [0.29, 0.717) is 11.3 Å². The predicted molar refractivity (Wildman–Crippen MR) is 52.7 cm³/mol. The van der Waals surface area contributed by atoms with Gasteiger partial charge in [-0.2, -0.15) is 13.2 Å². The Morgan fingerprint density at radius 1 is 1.31 bits per heavy atom. The third-order valence-electron chi connectivity index (χ3n) is 1.64. The van der Waals surface area contributed by atoms with Crippen LogP contribution in [0.2, 0.25) is 0 Å². The number of thiazole rings is 2. The van der Waals surface area contributed by atoms with Gasteiger partial charge in [0.05, 0.1) is 10.4 Å². The van der Waals surface area contributed by atoms with Crippen LogP contribution in [-0.2, 0) is 6.18 Å². The molecule has 0 fully saturated rings. The monoisotopic (exact) mass is 264 g/mol. The summed E-state index contributed by atoms with van der Waals surface area (Å²) in [5.74, 6) is -0.533. The van der Waals surface area contributed by atoms with Gasteiger partial charge in [-0.3, -0.25) is 4.79 Å². The summed E-state index contributed by atoms with van der Waals surface area (Å²) in [5.41, 5.74) is 1.58. The zero-order chi connectivity index (χ0) is 11.8. The highest BCUT2D eigenvalue weighted by molar-refractivity contribution is 7.14. The van der Waals surface area contributed by atoms with Gasteiger partial charge in [0, 0.05) is 11.6 Å². The van der Waals surface area contributed by atoms with Crippen molar-refractivity contribution in [2.24, 2.45) is 0 Å². The van der Waals surface area contributed by atoms with E-state index in [1.807, 2.05) is 0 Å². The Bertz CT molecular complexity index is 504. The smallest absolute Gasteiger partial charge is 0.286 e. The van der Waals surface area contributed by atoms with Crippen LogP contribution >= 0.6 is 22.7 Å². The molecule has 0 aliphatic carbocycles. The Kier molecular flexibility index (Phi) is 2.76. The Hall–Kier alpha value is -1.28. The van der Waals surface area contributed by atoms with Crippen LogP contribution in [0.5, 0.6) is 0 Å². The molecule has 0 aliphatic heterocycles. The second kappa shape index (κ2) is 3.95. The molecule has 2 aromatic heterocycles. The Labute approximate surface area is 95.6 Å². The summed E-state index contributed by atoms with van der Waals surface area (Å²) < 4.78 is 36.7. The normalized spacial score (nSPS) is 11.7. The van der Waals surface area contributed by atoms with Gasteiger partial charge in [0.1, 0.15) is 5.69 Å². The summed E-state index contributed by atoms with van der Waals surface area (Å²) >= 11 is 1.53. The fraction of sp³-hybridized carbons (Fsp3) is 0.125. The second-order valence-corrected chi connectivity index (χ2v) is 4.48. The van der Waals surface area contributed by atoms with E-state index < -0.39 is 17.0 Å². The second-order valence-electron chi connectivity index (χ2n) is 2.73. The predicted octanol–water partition coefficient (Wildman–Crippen LogP) is 2.85. The van der Waals surface area contributed by atoms with Gasteiger partial charge in [0.15, 0.2) is 5.01 Å². The van der Waals surface area contributed by atoms with E-state index >= 15 is 0 Å².